The Hall–Kier alpha value is -1.52. The van der Waals surface area contributed by atoms with Crippen molar-refractivity contribution in [2.45, 2.75) is 18.9 Å². The first-order valence-electron chi connectivity index (χ1n) is 6.58. The quantitative estimate of drug-likeness (QED) is 0.827. The van der Waals surface area contributed by atoms with E-state index in [1.807, 2.05) is 49.4 Å². The molecule has 0 aliphatic heterocycles. The summed E-state index contributed by atoms with van der Waals surface area (Å²) in [4.78, 5) is 12.2. The lowest BCUT2D eigenvalue weighted by Gasteiger charge is -2.32. The highest BCUT2D eigenvalue weighted by Gasteiger charge is 2.37. The lowest BCUT2D eigenvalue weighted by molar-refractivity contribution is -0.122. The second-order valence-electron chi connectivity index (χ2n) is 4.74. The van der Waals surface area contributed by atoms with E-state index in [1.165, 1.54) is 0 Å². The molecule has 1 amide bonds. The molecule has 0 heterocycles. The van der Waals surface area contributed by atoms with Gasteiger partial charge < -0.3 is 11.1 Å². The minimum Gasteiger partial charge on any atom is -0.367 e. The lowest BCUT2D eigenvalue weighted by atomic mass is 9.86. The normalized spacial score (nSPS) is 13.5. The molecule has 0 saturated carbocycles. The van der Waals surface area contributed by atoms with Crippen LogP contribution in [0.15, 0.2) is 53.0 Å². The first-order chi connectivity index (χ1) is 9.99. The molecule has 0 bridgehead atoms. The van der Waals surface area contributed by atoms with Gasteiger partial charge in [0.1, 0.15) is 5.54 Å². The number of carbonyl (C=O) groups is 1. The fourth-order valence-corrected chi connectivity index (χ4v) is 2.87. The summed E-state index contributed by atoms with van der Waals surface area (Å²) in [5.41, 5.74) is 6.18. The molecule has 2 aromatic carbocycles. The third-order valence-electron chi connectivity index (χ3n) is 3.49. The fraction of sp³-hybridized carbons (Fsp3) is 0.188. The number of para-hydroxylation sites is 1. The van der Waals surface area contributed by atoms with Gasteiger partial charge in [0.25, 0.3) is 0 Å². The molecule has 0 fully saturated rings. The third kappa shape index (κ3) is 3.22. The second kappa shape index (κ2) is 6.50. The van der Waals surface area contributed by atoms with Gasteiger partial charge in [0.05, 0.1) is 10.7 Å². The van der Waals surface area contributed by atoms with Gasteiger partial charge in [-0.3, -0.25) is 4.79 Å². The molecule has 3 N–H and O–H groups in total. The minimum atomic E-state index is -1.01. The molecule has 0 radical (unpaired) electrons. The van der Waals surface area contributed by atoms with Crippen molar-refractivity contribution in [2.75, 3.05) is 5.32 Å². The average Bonchev–Trinajstić information content (AvgIpc) is 2.46. The molecular formula is C16H16BrClN2O. The Labute approximate surface area is 137 Å². The van der Waals surface area contributed by atoms with E-state index in [9.17, 15) is 4.79 Å². The van der Waals surface area contributed by atoms with Crippen LogP contribution < -0.4 is 11.1 Å². The number of anilines is 1. The van der Waals surface area contributed by atoms with Crippen molar-refractivity contribution in [3.05, 3.63) is 63.6 Å². The van der Waals surface area contributed by atoms with Crippen LogP contribution in [0.5, 0.6) is 0 Å². The van der Waals surface area contributed by atoms with E-state index in [0.29, 0.717) is 17.1 Å². The van der Waals surface area contributed by atoms with E-state index in [4.69, 9.17) is 17.3 Å². The molecule has 1 atom stereocenters. The van der Waals surface area contributed by atoms with E-state index < -0.39 is 11.4 Å². The molecule has 110 valence electrons. The molecule has 2 aromatic rings. The fourth-order valence-electron chi connectivity index (χ4n) is 2.29. The Morgan fingerprint density at radius 3 is 2.57 bits per heavy atom. The molecule has 1 unspecified atom stereocenters. The van der Waals surface area contributed by atoms with E-state index in [1.54, 1.807) is 6.07 Å². The predicted octanol–water partition coefficient (Wildman–Crippen LogP) is 4.31. The second-order valence-corrected chi connectivity index (χ2v) is 6.06. The molecule has 0 saturated heterocycles. The van der Waals surface area contributed by atoms with Crippen molar-refractivity contribution in [1.82, 2.24) is 0 Å². The molecule has 0 aliphatic rings. The maximum atomic E-state index is 12.2. The molecule has 5 heteroatoms. The summed E-state index contributed by atoms with van der Waals surface area (Å²) in [5, 5.41) is 3.77. The van der Waals surface area contributed by atoms with E-state index >= 15 is 0 Å². The first kappa shape index (κ1) is 15.9. The summed E-state index contributed by atoms with van der Waals surface area (Å²) in [6, 6.07) is 14.8. The number of hydrogen-bond acceptors (Lipinski definition) is 2. The predicted molar refractivity (Wildman–Crippen MR) is 90.4 cm³/mol. The summed E-state index contributed by atoms with van der Waals surface area (Å²) in [7, 11) is 0. The zero-order chi connectivity index (χ0) is 15.5. The van der Waals surface area contributed by atoms with Crippen LogP contribution >= 0.6 is 27.5 Å². The Kier molecular flexibility index (Phi) is 4.91. The van der Waals surface area contributed by atoms with Crippen molar-refractivity contribution in [1.29, 1.82) is 0 Å². The zero-order valence-electron chi connectivity index (χ0n) is 11.6. The van der Waals surface area contributed by atoms with Crippen molar-refractivity contribution in [3.63, 3.8) is 0 Å². The number of hydrogen-bond donors (Lipinski definition) is 2. The number of halogens is 2. The maximum absolute atomic E-state index is 12.2. The van der Waals surface area contributed by atoms with Crippen molar-refractivity contribution in [2.24, 2.45) is 5.73 Å². The van der Waals surface area contributed by atoms with Crippen molar-refractivity contribution in [3.8, 4) is 0 Å². The van der Waals surface area contributed by atoms with Crippen LogP contribution in [0.1, 0.15) is 18.9 Å². The highest BCUT2D eigenvalue weighted by atomic mass is 79.9. The van der Waals surface area contributed by atoms with Gasteiger partial charge >= 0.3 is 0 Å². The van der Waals surface area contributed by atoms with Crippen LogP contribution in [0.4, 0.5) is 5.69 Å². The Morgan fingerprint density at radius 1 is 1.29 bits per heavy atom. The van der Waals surface area contributed by atoms with Gasteiger partial charge in [-0.15, -0.1) is 0 Å². The van der Waals surface area contributed by atoms with Gasteiger partial charge in [-0.1, -0.05) is 58.7 Å². The number of primary amides is 1. The van der Waals surface area contributed by atoms with Gasteiger partial charge in [0.2, 0.25) is 5.91 Å². The molecular weight excluding hydrogens is 352 g/mol. The van der Waals surface area contributed by atoms with Crippen LogP contribution in [0.25, 0.3) is 0 Å². The molecule has 3 nitrogen and oxygen atoms in total. The molecule has 2 rings (SSSR count). The van der Waals surface area contributed by atoms with Gasteiger partial charge in [0, 0.05) is 4.47 Å². The van der Waals surface area contributed by atoms with Crippen molar-refractivity contribution >= 4 is 39.1 Å². The van der Waals surface area contributed by atoms with Crippen LogP contribution in [0.2, 0.25) is 5.02 Å². The number of carbonyl (C=O) groups excluding carboxylic acids is 1. The Bertz CT molecular complexity index is 662. The third-order valence-corrected chi connectivity index (χ3v) is 4.31. The van der Waals surface area contributed by atoms with Crippen LogP contribution in [-0.2, 0) is 10.3 Å². The van der Waals surface area contributed by atoms with Gasteiger partial charge in [-0.05, 0) is 36.2 Å². The van der Waals surface area contributed by atoms with Gasteiger partial charge in [0.15, 0.2) is 0 Å². The van der Waals surface area contributed by atoms with E-state index in [2.05, 4.69) is 21.2 Å². The van der Waals surface area contributed by atoms with Crippen molar-refractivity contribution < 1.29 is 4.79 Å². The summed E-state index contributed by atoms with van der Waals surface area (Å²) < 4.78 is 0.889. The first-order valence-corrected chi connectivity index (χ1v) is 7.75. The highest BCUT2D eigenvalue weighted by molar-refractivity contribution is 9.10. The van der Waals surface area contributed by atoms with E-state index in [-0.39, 0.29) is 0 Å². The summed E-state index contributed by atoms with van der Waals surface area (Å²) in [5.74, 6) is -0.442. The Balaban J connectivity index is 2.53. The van der Waals surface area contributed by atoms with Crippen LogP contribution in [0.3, 0.4) is 0 Å². The molecule has 21 heavy (non-hydrogen) atoms. The molecule has 0 aromatic heterocycles. The number of amides is 1. The van der Waals surface area contributed by atoms with Crippen LogP contribution in [-0.4, -0.2) is 5.91 Å². The smallest absolute Gasteiger partial charge is 0.247 e. The summed E-state index contributed by atoms with van der Waals surface area (Å²) in [6.45, 7) is 1.91. The SMILES string of the molecule is CCC(Nc1ccccc1Cl)(C(N)=O)c1cccc(Br)c1. The van der Waals surface area contributed by atoms with Gasteiger partial charge in [-0.25, -0.2) is 0 Å². The topological polar surface area (TPSA) is 55.1 Å². The molecule has 0 spiro atoms. The molecule has 0 aliphatic carbocycles. The zero-order valence-corrected chi connectivity index (χ0v) is 13.9. The summed E-state index contributed by atoms with van der Waals surface area (Å²) >= 11 is 9.61. The summed E-state index contributed by atoms with van der Waals surface area (Å²) in [6.07, 6.45) is 0.504. The number of benzene rings is 2. The Morgan fingerprint density at radius 2 is 2.00 bits per heavy atom. The van der Waals surface area contributed by atoms with Crippen LogP contribution in [0, 0.1) is 0 Å². The van der Waals surface area contributed by atoms with Gasteiger partial charge in [-0.2, -0.15) is 0 Å². The lowest BCUT2D eigenvalue weighted by Crippen LogP contribution is -2.47. The standard InChI is InChI=1S/C16H16BrClN2O/c1-2-16(15(19)21,11-6-5-7-12(17)10-11)20-14-9-4-3-8-13(14)18/h3-10,20H,2H2,1H3,(H2,19,21). The number of nitrogens with two attached hydrogens (primary N) is 1. The minimum absolute atomic E-state index is 0.442. The highest BCUT2D eigenvalue weighted by Crippen LogP contribution is 2.33. The number of rotatable bonds is 5. The number of nitrogens with one attached hydrogen (secondary N) is 1. The average molecular weight is 368 g/mol. The monoisotopic (exact) mass is 366 g/mol. The van der Waals surface area contributed by atoms with E-state index in [0.717, 1.165) is 10.0 Å². The largest absolute Gasteiger partial charge is 0.367 e. The maximum Gasteiger partial charge on any atom is 0.247 e.